The molecule has 0 aliphatic heterocycles. The second-order valence-corrected chi connectivity index (χ2v) is 8.01. The number of H-pyrrole nitrogens is 1. The zero-order valence-electron chi connectivity index (χ0n) is 19.4. The number of anilines is 1. The average Bonchev–Trinajstić information content (AvgIpc) is 3.36. The van der Waals surface area contributed by atoms with Gasteiger partial charge in [-0.2, -0.15) is 0 Å². The fourth-order valence-electron chi connectivity index (χ4n) is 4.01. The van der Waals surface area contributed by atoms with Crippen molar-refractivity contribution in [1.29, 1.82) is 0 Å². The van der Waals surface area contributed by atoms with Gasteiger partial charge >= 0.3 is 0 Å². The molecule has 7 heteroatoms. The quantitative estimate of drug-likeness (QED) is 0.235. The van der Waals surface area contributed by atoms with E-state index in [1.165, 1.54) is 0 Å². The molecular weight excluding hydrogens is 448 g/mol. The predicted molar refractivity (Wildman–Crippen MR) is 145 cm³/mol. The Hall–Kier alpha value is -5.01. The number of hydrazine groups is 1. The van der Waals surface area contributed by atoms with Gasteiger partial charge in [0.15, 0.2) is 0 Å². The highest BCUT2D eigenvalue weighted by atomic mass is 16.1. The van der Waals surface area contributed by atoms with Crippen molar-refractivity contribution >= 4 is 16.6 Å². The molecule has 3 aromatic carbocycles. The second kappa shape index (κ2) is 10.5. The third-order valence-corrected chi connectivity index (χ3v) is 5.71. The summed E-state index contributed by atoms with van der Waals surface area (Å²) in [5, 5.41) is 3.92. The number of hydrogen-bond donors (Lipinski definition) is 3. The van der Waals surface area contributed by atoms with Crippen LogP contribution in [-0.2, 0) is 0 Å². The monoisotopic (exact) mass is 472 g/mol. The lowest BCUT2D eigenvalue weighted by Gasteiger charge is -2.11. The minimum Gasteiger partial charge on any atom is -0.324 e. The number of aromatic nitrogens is 4. The fraction of sp³-hybridized carbons (Fsp3) is 0. The van der Waals surface area contributed by atoms with Crippen LogP contribution >= 0.6 is 0 Å². The van der Waals surface area contributed by atoms with Crippen LogP contribution in [0.5, 0.6) is 0 Å². The zero-order valence-corrected chi connectivity index (χ0v) is 19.4. The summed E-state index contributed by atoms with van der Waals surface area (Å²) >= 11 is 0. The van der Waals surface area contributed by atoms with Crippen molar-refractivity contribution in [3.05, 3.63) is 132 Å². The van der Waals surface area contributed by atoms with Gasteiger partial charge in [0.25, 0.3) is 5.56 Å². The van der Waals surface area contributed by atoms with Crippen molar-refractivity contribution in [2.24, 2.45) is 5.84 Å². The van der Waals surface area contributed by atoms with Crippen LogP contribution in [0.4, 0.5) is 5.69 Å². The lowest BCUT2D eigenvalue weighted by molar-refractivity contribution is 0.871. The molecule has 0 fully saturated rings. The van der Waals surface area contributed by atoms with Crippen LogP contribution in [0.15, 0.2) is 127 Å². The molecule has 0 amide bonds. The number of fused-ring (bicyclic) bond motifs is 1. The summed E-state index contributed by atoms with van der Waals surface area (Å²) in [5.41, 5.74) is 9.04. The molecule has 3 aromatic heterocycles. The molecule has 7 nitrogen and oxygen atoms in total. The maximum atomic E-state index is 12.1. The average molecular weight is 473 g/mol. The van der Waals surface area contributed by atoms with E-state index in [1.54, 1.807) is 18.5 Å². The standard InChI is InChI=1S/C23H16N4O.C6H8N2/c28-23-15-22(27(26-23)18-4-2-1-3-5-18)17-6-7-21-20(14-17)19(10-13-25-21)16-8-11-24-12-9-16;7-8-6-4-2-1-3-5-6/h1-15H,(H,26,28);1-5,8H,7H2. The van der Waals surface area contributed by atoms with Crippen LogP contribution < -0.4 is 16.8 Å². The molecule has 0 aliphatic rings. The molecule has 0 spiro atoms. The number of nitrogens with one attached hydrogen (secondary N) is 2. The largest absolute Gasteiger partial charge is 0.324 e. The Balaban J connectivity index is 0.000000286. The highest BCUT2D eigenvalue weighted by Gasteiger charge is 2.12. The second-order valence-electron chi connectivity index (χ2n) is 8.01. The summed E-state index contributed by atoms with van der Waals surface area (Å²) in [7, 11) is 0. The van der Waals surface area contributed by atoms with E-state index >= 15 is 0 Å². The van der Waals surface area contributed by atoms with Crippen LogP contribution in [0, 0.1) is 0 Å². The Morgan fingerprint density at radius 1 is 0.750 bits per heavy atom. The summed E-state index contributed by atoms with van der Waals surface area (Å²) in [4.78, 5) is 20.7. The van der Waals surface area contributed by atoms with Crippen LogP contribution in [0.25, 0.3) is 39.0 Å². The number of nitrogens with two attached hydrogens (primary N) is 1. The van der Waals surface area contributed by atoms with E-state index in [-0.39, 0.29) is 5.56 Å². The Morgan fingerprint density at radius 2 is 1.47 bits per heavy atom. The third-order valence-electron chi connectivity index (χ3n) is 5.71. The van der Waals surface area contributed by atoms with E-state index in [2.05, 4.69) is 26.6 Å². The van der Waals surface area contributed by atoms with Crippen molar-refractivity contribution in [3.63, 3.8) is 0 Å². The summed E-state index contributed by atoms with van der Waals surface area (Å²) in [5.74, 6) is 5.10. The third kappa shape index (κ3) is 4.91. The molecule has 3 heterocycles. The highest BCUT2D eigenvalue weighted by molar-refractivity contribution is 5.96. The van der Waals surface area contributed by atoms with Gasteiger partial charge in [0.05, 0.1) is 16.9 Å². The molecule has 0 saturated heterocycles. The Morgan fingerprint density at radius 3 is 2.17 bits per heavy atom. The number of benzene rings is 3. The molecule has 0 atom stereocenters. The maximum absolute atomic E-state index is 12.1. The van der Waals surface area contributed by atoms with Crippen molar-refractivity contribution in [2.45, 2.75) is 0 Å². The lowest BCUT2D eigenvalue weighted by Crippen LogP contribution is -2.05. The number of pyridine rings is 2. The van der Waals surface area contributed by atoms with Gasteiger partial charge in [-0.05, 0) is 65.7 Å². The summed E-state index contributed by atoms with van der Waals surface area (Å²) in [6.07, 6.45) is 5.38. The normalized spacial score (nSPS) is 10.5. The molecule has 176 valence electrons. The van der Waals surface area contributed by atoms with Crippen LogP contribution in [0.1, 0.15) is 0 Å². The Labute approximate surface area is 207 Å². The number of aromatic amines is 1. The molecular formula is C29H24N6O. The number of nitrogens with zero attached hydrogens (tertiary/aromatic N) is 3. The summed E-state index contributed by atoms with van der Waals surface area (Å²) < 4.78 is 1.81. The first-order valence-corrected chi connectivity index (χ1v) is 11.4. The van der Waals surface area contributed by atoms with Crippen molar-refractivity contribution < 1.29 is 0 Å². The number of para-hydroxylation sites is 2. The molecule has 0 bridgehead atoms. The highest BCUT2D eigenvalue weighted by Crippen LogP contribution is 2.31. The molecule has 4 N–H and O–H groups in total. The van der Waals surface area contributed by atoms with E-state index in [9.17, 15) is 4.79 Å². The van der Waals surface area contributed by atoms with E-state index < -0.39 is 0 Å². The smallest absolute Gasteiger partial charge is 0.265 e. The first-order chi connectivity index (χ1) is 17.7. The fourth-order valence-corrected chi connectivity index (χ4v) is 4.01. The first-order valence-electron chi connectivity index (χ1n) is 11.4. The molecule has 36 heavy (non-hydrogen) atoms. The summed E-state index contributed by atoms with van der Waals surface area (Å²) in [6, 6.07) is 33.0. The van der Waals surface area contributed by atoms with Gasteiger partial charge in [0, 0.05) is 41.3 Å². The van der Waals surface area contributed by atoms with Gasteiger partial charge in [-0.1, -0.05) is 42.5 Å². The van der Waals surface area contributed by atoms with Gasteiger partial charge in [-0.15, -0.1) is 0 Å². The van der Waals surface area contributed by atoms with Gasteiger partial charge in [0.2, 0.25) is 0 Å². The molecule has 0 radical (unpaired) electrons. The minimum atomic E-state index is -0.139. The van der Waals surface area contributed by atoms with E-state index in [1.807, 2.05) is 102 Å². The maximum Gasteiger partial charge on any atom is 0.265 e. The van der Waals surface area contributed by atoms with Crippen molar-refractivity contribution in [2.75, 3.05) is 5.43 Å². The lowest BCUT2D eigenvalue weighted by atomic mass is 10.00. The molecule has 6 aromatic rings. The topological polar surface area (TPSA) is 102 Å². The van der Waals surface area contributed by atoms with Crippen molar-refractivity contribution in [1.82, 2.24) is 19.7 Å². The van der Waals surface area contributed by atoms with Crippen LogP contribution in [0.2, 0.25) is 0 Å². The van der Waals surface area contributed by atoms with Gasteiger partial charge in [-0.3, -0.25) is 30.4 Å². The Bertz CT molecular complexity index is 1630. The van der Waals surface area contributed by atoms with Gasteiger partial charge in [-0.25, -0.2) is 0 Å². The van der Waals surface area contributed by atoms with Gasteiger partial charge in [0.1, 0.15) is 0 Å². The number of nitrogen functional groups attached to an aromatic ring is 1. The van der Waals surface area contributed by atoms with E-state index in [0.29, 0.717) is 0 Å². The zero-order chi connectivity index (χ0) is 24.7. The number of hydrogen-bond acceptors (Lipinski definition) is 5. The SMILES string of the molecule is NNc1ccccc1.O=c1cc(-c2ccc3nccc(-c4ccncc4)c3c2)n(-c2ccccc2)[nH]1. The minimum absolute atomic E-state index is 0.139. The van der Waals surface area contributed by atoms with Crippen molar-refractivity contribution in [3.8, 4) is 28.1 Å². The number of rotatable bonds is 4. The van der Waals surface area contributed by atoms with Crippen LogP contribution in [0.3, 0.4) is 0 Å². The molecule has 0 aliphatic carbocycles. The predicted octanol–water partition coefficient (Wildman–Crippen LogP) is 5.42. The van der Waals surface area contributed by atoms with E-state index in [4.69, 9.17) is 5.84 Å². The Kier molecular flexibility index (Phi) is 6.64. The molecule has 0 saturated carbocycles. The summed E-state index contributed by atoms with van der Waals surface area (Å²) in [6.45, 7) is 0. The molecule has 6 rings (SSSR count). The molecule has 0 unspecified atom stereocenters. The van der Waals surface area contributed by atoms with Gasteiger partial charge < -0.3 is 5.43 Å². The van der Waals surface area contributed by atoms with Crippen LogP contribution in [-0.4, -0.2) is 19.7 Å². The first kappa shape index (κ1) is 22.8. The van der Waals surface area contributed by atoms with E-state index in [0.717, 1.165) is 44.7 Å².